The fourth-order valence-electron chi connectivity index (χ4n) is 3.99. The fraction of sp³-hybridized carbons (Fsp3) is 1.00. The molecule has 3 saturated heterocycles. The molecule has 5 atom stereocenters. The normalized spacial score (nSPS) is 44.6. The van der Waals surface area contributed by atoms with Crippen LogP contribution in [0.25, 0.3) is 0 Å². The third-order valence-electron chi connectivity index (χ3n) is 4.99. The van der Waals surface area contributed by atoms with Crippen LogP contribution in [-0.4, -0.2) is 37.9 Å². The molecule has 2 bridgehead atoms. The molecule has 3 fully saturated rings. The second-order valence-corrected chi connectivity index (χ2v) is 6.07. The molecule has 5 unspecified atom stereocenters. The molecular formula is C14H26N2O. The fourth-order valence-corrected chi connectivity index (χ4v) is 3.99. The summed E-state index contributed by atoms with van der Waals surface area (Å²) in [5.41, 5.74) is 0. The van der Waals surface area contributed by atoms with Crippen molar-refractivity contribution in [2.24, 2.45) is 11.8 Å². The van der Waals surface area contributed by atoms with Gasteiger partial charge in [-0.3, -0.25) is 0 Å². The van der Waals surface area contributed by atoms with Crippen LogP contribution in [0.3, 0.4) is 0 Å². The highest BCUT2D eigenvalue weighted by Crippen LogP contribution is 2.32. The lowest BCUT2D eigenvalue weighted by Gasteiger charge is -2.23. The summed E-state index contributed by atoms with van der Waals surface area (Å²) in [4.78, 5) is 0. The molecule has 0 radical (unpaired) electrons. The van der Waals surface area contributed by atoms with Gasteiger partial charge in [-0.1, -0.05) is 6.92 Å². The van der Waals surface area contributed by atoms with Crippen molar-refractivity contribution in [3.63, 3.8) is 0 Å². The van der Waals surface area contributed by atoms with Crippen molar-refractivity contribution < 1.29 is 4.74 Å². The number of fused-ring (bicyclic) bond motifs is 2. The Hall–Kier alpha value is -0.120. The number of rotatable bonds is 5. The SMILES string of the molecule is CCC1OCCC1CNCC1CC2CCC1N2. The van der Waals surface area contributed by atoms with Gasteiger partial charge in [0, 0.05) is 25.2 Å². The van der Waals surface area contributed by atoms with E-state index in [2.05, 4.69) is 17.6 Å². The van der Waals surface area contributed by atoms with Crippen molar-refractivity contribution in [2.45, 2.75) is 57.2 Å². The number of hydrogen-bond donors (Lipinski definition) is 2. The molecule has 3 heteroatoms. The molecule has 0 amide bonds. The van der Waals surface area contributed by atoms with E-state index in [9.17, 15) is 0 Å². The summed E-state index contributed by atoms with van der Waals surface area (Å²) < 4.78 is 5.73. The van der Waals surface area contributed by atoms with Crippen LogP contribution >= 0.6 is 0 Å². The molecule has 98 valence electrons. The van der Waals surface area contributed by atoms with Crippen LogP contribution in [0.1, 0.15) is 39.0 Å². The van der Waals surface area contributed by atoms with Gasteiger partial charge in [0.15, 0.2) is 0 Å². The Bertz CT molecular complexity index is 253. The van der Waals surface area contributed by atoms with E-state index >= 15 is 0 Å². The minimum Gasteiger partial charge on any atom is -0.378 e. The van der Waals surface area contributed by atoms with Crippen LogP contribution in [-0.2, 0) is 4.74 Å². The van der Waals surface area contributed by atoms with Crippen LogP contribution in [0, 0.1) is 11.8 Å². The van der Waals surface area contributed by atoms with Crippen molar-refractivity contribution >= 4 is 0 Å². The summed E-state index contributed by atoms with van der Waals surface area (Å²) in [5, 5.41) is 7.41. The van der Waals surface area contributed by atoms with E-state index in [4.69, 9.17) is 4.74 Å². The van der Waals surface area contributed by atoms with Gasteiger partial charge in [-0.15, -0.1) is 0 Å². The van der Waals surface area contributed by atoms with Crippen molar-refractivity contribution in [3.8, 4) is 0 Å². The van der Waals surface area contributed by atoms with E-state index in [0.717, 1.165) is 37.1 Å². The van der Waals surface area contributed by atoms with Crippen molar-refractivity contribution in [2.75, 3.05) is 19.7 Å². The lowest BCUT2D eigenvalue weighted by Crippen LogP contribution is -2.35. The lowest BCUT2D eigenvalue weighted by atomic mass is 9.89. The molecule has 0 saturated carbocycles. The van der Waals surface area contributed by atoms with Crippen LogP contribution < -0.4 is 10.6 Å². The van der Waals surface area contributed by atoms with E-state index in [1.54, 1.807) is 0 Å². The quantitative estimate of drug-likeness (QED) is 0.762. The molecule has 3 rings (SSSR count). The molecule has 17 heavy (non-hydrogen) atoms. The zero-order valence-electron chi connectivity index (χ0n) is 11.0. The second kappa shape index (κ2) is 5.25. The summed E-state index contributed by atoms with van der Waals surface area (Å²) in [6, 6.07) is 1.65. The van der Waals surface area contributed by atoms with Crippen molar-refractivity contribution in [3.05, 3.63) is 0 Å². The van der Waals surface area contributed by atoms with Gasteiger partial charge in [0.2, 0.25) is 0 Å². The Balaban J connectivity index is 1.37. The van der Waals surface area contributed by atoms with E-state index < -0.39 is 0 Å². The summed E-state index contributed by atoms with van der Waals surface area (Å²) >= 11 is 0. The molecule has 0 aliphatic carbocycles. The Morgan fingerprint density at radius 2 is 2.06 bits per heavy atom. The van der Waals surface area contributed by atoms with Gasteiger partial charge in [0.25, 0.3) is 0 Å². The van der Waals surface area contributed by atoms with Gasteiger partial charge in [0.1, 0.15) is 0 Å². The van der Waals surface area contributed by atoms with Gasteiger partial charge < -0.3 is 15.4 Å². The second-order valence-electron chi connectivity index (χ2n) is 6.07. The van der Waals surface area contributed by atoms with Gasteiger partial charge in [-0.25, -0.2) is 0 Å². The lowest BCUT2D eigenvalue weighted by molar-refractivity contribution is 0.0870. The van der Waals surface area contributed by atoms with Crippen LogP contribution in [0.15, 0.2) is 0 Å². The summed E-state index contributed by atoms with van der Waals surface area (Å²) in [6.07, 6.45) is 7.15. The third-order valence-corrected chi connectivity index (χ3v) is 4.99. The van der Waals surface area contributed by atoms with Crippen LogP contribution in [0.5, 0.6) is 0 Å². The molecule has 0 aromatic carbocycles. The maximum Gasteiger partial charge on any atom is 0.0613 e. The molecule has 2 N–H and O–H groups in total. The zero-order chi connectivity index (χ0) is 11.7. The Morgan fingerprint density at radius 1 is 1.18 bits per heavy atom. The largest absolute Gasteiger partial charge is 0.378 e. The standard InChI is InChI=1S/C14H26N2O/c1-2-14-10(5-6-17-14)8-15-9-11-7-12-3-4-13(11)16-12/h10-16H,2-9H2,1H3. The van der Waals surface area contributed by atoms with E-state index in [0.29, 0.717) is 6.10 Å². The molecular weight excluding hydrogens is 212 g/mol. The van der Waals surface area contributed by atoms with Crippen molar-refractivity contribution in [1.29, 1.82) is 0 Å². The Morgan fingerprint density at radius 3 is 2.76 bits per heavy atom. The van der Waals surface area contributed by atoms with Gasteiger partial charge in [-0.2, -0.15) is 0 Å². The number of ether oxygens (including phenoxy) is 1. The van der Waals surface area contributed by atoms with Gasteiger partial charge in [-0.05, 0) is 50.5 Å². The minimum absolute atomic E-state index is 0.514. The van der Waals surface area contributed by atoms with Gasteiger partial charge >= 0.3 is 0 Å². The molecule has 0 aromatic heterocycles. The molecule has 3 nitrogen and oxygen atoms in total. The number of nitrogens with one attached hydrogen (secondary N) is 2. The van der Waals surface area contributed by atoms with E-state index in [1.165, 1.54) is 38.6 Å². The maximum absolute atomic E-state index is 5.73. The molecule has 3 heterocycles. The van der Waals surface area contributed by atoms with Crippen LogP contribution in [0.2, 0.25) is 0 Å². The maximum atomic E-state index is 5.73. The minimum atomic E-state index is 0.514. The summed E-state index contributed by atoms with van der Waals surface area (Å²) in [6.45, 7) is 5.58. The first-order chi connectivity index (χ1) is 8.36. The summed E-state index contributed by atoms with van der Waals surface area (Å²) in [5.74, 6) is 1.64. The Kier molecular flexibility index (Phi) is 3.69. The average molecular weight is 238 g/mol. The predicted octanol–water partition coefficient (Wildman–Crippen LogP) is 1.53. The summed E-state index contributed by atoms with van der Waals surface area (Å²) in [7, 11) is 0. The average Bonchev–Trinajstić information content (AvgIpc) is 3.04. The van der Waals surface area contributed by atoms with Gasteiger partial charge in [0.05, 0.1) is 6.10 Å². The third kappa shape index (κ3) is 2.51. The first-order valence-electron chi connectivity index (χ1n) is 7.45. The highest BCUT2D eigenvalue weighted by Gasteiger charge is 2.38. The predicted molar refractivity (Wildman–Crippen MR) is 69.1 cm³/mol. The molecule has 0 aromatic rings. The Labute approximate surface area is 105 Å². The smallest absolute Gasteiger partial charge is 0.0613 e. The monoisotopic (exact) mass is 238 g/mol. The first kappa shape index (κ1) is 11.9. The van der Waals surface area contributed by atoms with E-state index in [1.807, 2.05) is 0 Å². The number of hydrogen-bond acceptors (Lipinski definition) is 3. The molecule has 3 aliphatic rings. The zero-order valence-corrected chi connectivity index (χ0v) is 11.0. The highest BCUT2D eigenvalue weighted by molar-refractivity contribution is 4.98. The highest BCUT2D eigenvalue weighted by atomic mass is 16.5. The topological polar surface area (TPSA) is 33.3 Å². The molecule has 3 aliphatic heterocycles. The van der Waals surface area contributed by atoms with Crippen LogP contribution in [0.4, 0.5) is 0 Å². The van der Waals surface area contributed by atoms with E-state index in [-0.39, 0.29) is 0 Å². The van der Waals surface area contributed by atoms with Crippen molar-refractivity contribution in [1.82, 2.24) is 10.6 Å². The first-order valence-corrected chi connectivity index (χ1v) is 7.45. The molecule has 0 spiro atoms.